The van der Waals surface area contributed by atoms with Gasteiger partial charge in [0.1, 0.15) is 22.1 Å². The summed E-state index contributed by atoms with van der Waals surface area (Å²) in [5, 5.41) is 0.198. The first kappa shape index (κ1) is 29.5. The Morgan fingerprint density at radius 3 is 1.64 bits per heavy atom. The van der Waals surface area contributed by atoms with Crippen molar-refractivity contribution in [2.75, 3.05) is 11.5 Å². The summed E-state index contributed by atoms with van der Waals surface area (Å²) in [6.45, 7) is 12.2. The van der Waals surface area contributed by atoms with Gasteiger partial charge in [-0.05, 0) is 83.0 Å². The van der Waals surface area contributed by atoms with E-state index in [9.17, 15) is 16.8 Å². The van der Waals surface area contributed by atoms with Gasteiger partial charge in [-0.3, -0.25) is 0 Å². The van der Waals surface area contributed by atoms with Crippen molar-refractivity contribution in [1.29, 1.82) is 0 Å². The van der Waals surface area contributed by atoms with Gasteiger partial charge < -0.3 is 8.92 Å². The van der Waals surface area contributed by atoms with Crippen molar-refractivity contribution in [2.24, 2.45) is 0 Å². The molecule has 0 bridgehead atoms. The lowest BCUT2D eigenvalue weighted by atomic mass is 9.89. The van der Waals surface area contributed by atoms with Crippen molar-refractivity contribution in [1.82, 2.24) is 0 Å². The van der Waals surface area contributed by atoms with Crippen LogP contribution in [0.5, 0.6) is 17.2 Å². The predicted octanol–water partition coefficient (Wildman–Crippen LogP) is 7.51. The number of benzene rings is 3. The third-order valence-electron chi connectivity index (χ3n) is 6.59. The summed E-state index contributed by atoms with van der Waals surface area (Å²) in [4.78, 5) is 0.520. The molecule has 3 aromatic carbocycles. The van der Waals surface area contributed by atoms with Crippen molar-refractivity contribution >= 4 is 31.7 Å². The molecule has 0 aromatic heterocycles. The number of thioether (sulfide) groups is 1. The highest BCUT2D eigenvalue weighted by atomic mass is 32.2. The first-order chi connectivity index (χ1) is 18.3. The van der Waals surface area contributed by atoms with Gasteiger partial charge >= 0.3 is 10.1 Å². The largest absolute Gasteiger partial charge is 0.457 e. The Morgan fingerprint density at radius 1 is 0.744 bits per heavy atom. The van der Waals surface area contributed by atoms with Gasteiger partial charge in [0.2, 0.25) is 0 Å². The maximum Gasteiger partial charge on any atom is 0.339 e. The Balaban J connectivity index is 1.53. The van der Waals surface area contributed by atoms with Crippen LogP contribution in [0.1, 0.15) is 76.0 Å². The lowest BCUT2D eigenvalue weighted by Gasteiger charge is -2.22. The molecule has 0 N–H and O–H groups in total. The zero-order valence-corrected chi connectivity index (χ0v) is 25.6. The van der Waals surface area contributed by atoms with E-state index in [2.05, 4.69) is 13.8 Å². The molecule has 1 aliphatic heterocycles. The summed E-state index contributed by atoms with van der Waals surface area (Å²) < 4.78 is 63.5. The van der Waals surface area contributed by atoms with E-state index in [1.54, 1.807) is 60.3 Å². The average Bonchev–Trinajstić information content (AvgIpc) is 3.67. The third-order valence-corrected chi connectivity index (χ3v) is 11.0. The van der Waals surface area contributed by atoms with Gasteiger partial charge in [0.05, 0.1) is 10.6 Å². The Bertz CT molecular complexity index is 1490. The molecule has 4 rings (SSSR count). The van der Waals surface area contributed by atoms with Gasteiger partial charge in [0, 0.05) is 11.0 Å². The van der Waals surface area contributed by atoms with Crippen molar-refractivity contribution < 1.29 is 25.8 Å². The minimum Gasteiger partial charge on any atom is -0.457 e. The van der Waals surface area contributed by atoms with E-state index in [0.717, 1.165) is 22.4 Å². The molecule has 1 fully saturated rings. The van der Waals surface area contributed by atoms with E-state index < -0.39 is 20.0 Å². The normalized spacial score (nSPS) is 15.7. The van der Waals surface area contributed by atoms with Crippen LogP contribution in [0, 0.1) is 0 Å². The molecule has 3 aromatic rings. The number of sulfone groups is 1. The standard InChI is InChI=1S/C30H36O6S3/c1-19(2)22-15-28(20(3)4)30(29(16-22)21(5)6)39(33,34)36-25-9-7-23(8-10-25)35-24-11-13-27(14-12-24)38(31,32)18-26-17-37-26/h7-16,19-21,26H,17-18H2,1-6H3. The number of hydrogen-bond donors (Lipinski definition) is 0. The van der Waals surface area contributed by atoms with E-state index in [1.807, 2.05) is 39.8 Å². The van der Waals surface area contributed by atoms with Crippen molar-refractivity contribution in [3.63, 3.8) is 0 Å². The van der Waals surface area contributed by atoms with E-state index in [-0.39, 0.29) is 44.3 Å². The zero-order chi connectivity index (χ0) is 28.5. The van der Waals surface area contributed by atoms with Crippen LogP contribution in [0.15, 0.2) is 70.5 Å². The van der Waals surface area contributed by atoms with Crippen molar-refractivity contribution in [2.45, 2.75) is 74.3 Å². The molecular weight excluding hydrogens is 553 g/mol. The first-order valence-corrected chi connectivity index (χ1v) is 17.2. The molecular formula is C30H36O6S3. The molecule has 210 valence electrons. The lowest BCUT2D eigenvalue weighted by molar-refractivity contribution is 0.472. The topological polar surface area (TPSA) is 86.7 Å². The van der Waals surface area contributed by atoms with Crippen LogP contribution in [-0.2, 0) is 20.0 Å². The van der Waals surface area contributed by atoms with Gasteiger partial charge in [-0.1, -0.05) is 53.7 Å². The van der Waals surface area contributed by atoms with E-state index in [0.29, 0.717) is 11.5 Å². The van der Waals surface area contributed by atoms with Gasteiger partial charge in [0.25, 0.3) is 0 Å². The fourth-order valence-corrected chi connectivity index (χ4v) is 8.56. The van der Waals surface area contributed by atoms with Crippen LogP contribution in [0.4, 0.5) is 0 Å². The first-order valence-electron chi connectivity index (χ1n) is 13.1. The zero-order valence-electron chi connectivity index (χ0n) is 23.2. The summed E-state index contributed by atoms with van der Waals surface area (Å²) in [7, 11) is -7.41. The number of hydrogen-bond acceptors (Lipinski definition) is 7. The number of rotatable bonds is 11. The molecule has 9 heteroatoms. The second-order valence-electron chi connectivity index (χ2n) is 10.8. The monoisotopic (exact) mass is 588 g/mol. The highest BCUT2D eigenvalue weighted by Gasteiger charge is 2.30. The fraction of sp³-hybridized carbons (Fsp3) is 0.400. The molecule has 0 saturated carbocycles. The van der Waals surface area contributed by atoms with Gasteiger partial charge in [-0.25, -0.2) is 8.42 Å². The molecule has 6 nitrogen and oxygen atoms in total. The van der Waals surface area contributed by atoms with Crippen LogP contribution < -0.4 is 8.92 Å². The Hall–Kier alpha value is -2.49. The molecule has 1 aliphatic rings. The molecule has 1 heterocycles. The van der Waals surface area contributed by atoms with Gasteiger partial charge in [0.15, 0.2) is 9.84 Å². The predicted molar refractivity (Wildman–Crippen MR) is 158 cm³/mol. The SMILES string of the molecule is CC(C)c1cc(C(C)C)c(S(=O)(=O)Oc2ccc(Oc3ccc(S(=O)(=O)CC4CS4)cc3)cc2)c(C(C)C)c1. The summed E-state index contributed by atoms with van der Waals surface area (Å²) in [6.07, 6.45) is 0. The minimum atomic E-state index is -4.10. The molecule has 0 aliphatic carbocycles. The van der Waals surface area contributed by atoms with Gasteiger partial charge in [-0.15, -0.1) is 0 Å². The minimum absolute atomic E-state index is 0.000627. The quantitative estimate of drug-likeness (QED) is 0.169. The summed E-state index contributed by atoms with van der Waals surface area (Å²) in [6, 6.07) is 16.6. The van der Waals surface area contributed by atoms with Crippen LogP contribution in [-0.4, -0.2) is 33.6 Å². The molecule has 0 spiro atoms. The molecule has 1 unspecified atom stereocenters. The second kappa shape index (κ2) is 11.6. The van der Waals surface area contributed by atoms with Crippen LogP contribution in [0.25, 0.3) is 0 Å². The third kappa shape index (κ3) is 7.18. The Morgan fingerprint density at radius 2 is 1.21 bits per heavy atom. The maximum absolute atomic E-state index is 13.6. The van der Waals surface area contributed by atoms with Crippen molar-refractivity contribution in [3.8, 4) is 17.2 Å². The Kier molecular flexibility index (Phi) is 8.73. The molecule has 1 atom stereocenters. The summed E-state index contributed by atoms with van der Waals surface area (Å²) in [5.41, 5.74) is 2.62. The summed E-state index contributed by atoms with van der Waals surface area (Å²) in [5.74, 6) is 2.44. The van der Waals surface area contributed by atoms with Crippen LogP contribution in [0.3, 0.4) is 0 Å². The lowest BCUT2D eigenvalue weighted by Crippen LogP contribution is -2.17. The highest BCUT2D eigenvalue weighted by Crippen LogP contribution is 2.37. The van der Waals surface area contributed by atoms with Gasteiger partial charge in [-0.2, -0.15) is 20.2 Å². The van der Waals surface area contributed by atoms with E-state index in [1.165, 1.54) is 0 Å². The smallest absolute Gasteiger partial charge is 0.339 e. The molecule has 39 heavy (non-hydrogen) atoms. The maximum atomic E-state index is 13.6. The highest BCUT2D eigenvalue weighted by molar-refractivity contribution is 8.08. The summed E-state index contributed by atoms with van der Waals surface area (Å²) >= 11 is 1.65. The van der Waals surface area contributed by atoms with E-state index in [4.69, 9.17) is 8.92 Å². The number of ether oxygens (including phenoxy) is 1. The Labute approximate surface area is 237 Å². The van der Waals surface area contributed by atoms with Crippen molar-refractivity contribution in [3.05, 3.63) is 77.4 Å². The van der Waals surface area contributed by atoms with E-state index >= 15 is 0 Å². The average molecular weight is 589 g/mol. The van der Waals surface area contributed by atoms with Crippen LogP contribution in [0.2, 0.25) is 0 Å². The molecule has 0 amide bonds. The second-order valence-corrected chi connectivity index (χ2v) is 15.7. The fourth-order valence-electron chi connectivity index (χ4n) is 4.27. The molecule has 1 saturated heterocycles. The molecule has 0 radical (unpaired) electrons. The van der Waals surface area contributed by atoms with Crippen LogP contribution >= 0.6 is 11.8 Å².